The first kappa shape index (κ1) is 12.2. The number of nitrogens with two attached hydrogens (primary N) is 1. The van der Waals surface area contributed by atoms with Crippen LogP contribution in [0.4, 0.5) is 5.69 Å². The zero-order valence-electron chi connectivity index (χ0n) is 11.3. The first-order valence-corrected chi connectivity index (χ1v) is 6.95. The van der Waals surface area contributed by atoms with Gasteiger partial charge in [0.2, 0.25) is 0 Å². The summed E-state index contributed by atoms with van der Waals surface area (Å²) in [5.74, 6) is 1.56. The zero-order chi connectivity index (χ0) is 13.2. The molecule has 1 fully saturated rings. The van der Waals surface area contributed by atoms with Crippen molar-refractivity contribution in [3.63, 3.8) is 0 Å². The number of hydrogen-bond acceptors (Lipinski definition) is 3. The third-order valence-electron chi connectivity index (χ3n) is 4.31. The molecule has 0 spiro atoms. The third kappa shape index (κ3) is 2.35. The Bertz CT molecular complexity index is 561. The van der Waals surface area contributed by atoms with E-state index in [4.69, 9.17) is 5.73 Å². The van der Waals surface area contributed by atoms with Crippen LogP contribution in [0.25, 0.3) is 11.3 Å². The van der Waals surface area contributed by atoms with Crippen LogP contribution in [-0.2, 0) is 6.54 Å². The summed E-state index contributed by atoms with van der Waals surface area (Å²) >= 11 is 0. The minimum atomic E-state index is 0.755. The highest BCUT2D eigenvalue weighted by Gasteiger charge is 2.24. The van der Waals surface area contributed by atoms with Crippen LogP contribution in [0, 0.1) is 11.8 Å². The van der Waals surface area contributed by atoms with Crippen molar-refractivity contribution in [1.82, 2.24) is 14.5 Å². The lowest BCUT2D eigenvalue weighted by Crippen LogP contribution is -2.13. The molecule has 3 rings (SSSR count). The van der Waals surface area contributed by atoms with Crippen molar-refractivity contribution in [3.8, 4) is 11.3 Å². The lowest BCUT2D eigenvalue weighted by atomic mass is 9.98. The van der Waals surface area contributed by atoms with Crippen molar-refractivity contribution < 1.29 is 0 Å². The predicted molar refractivity (Wildman–Crippen MR) is 76.4 cm³/mol. The number of rotatable bonds is 3. The summed E-state index contributed by atoms with van der Waals surface area (Å²) in [5, 5.41) is 0. The molecule has 4 heteroatoms. The Morgan fingerprint density at radius 2 is 2.21 bits per heavy atom. The minimum absolute atomic E-state index is 0.755. The summed E-state index contributed by atoms with van der Waals surface area (Å²) in [6.45, 7) is 3.39. The highest BCUT2D eigenvalue weighted by atomic mass is 15.0. The van der Waals surface area contributed by atoms with Gasteiger partial charge < -0.3 is 10.3 Å². The maximum absolute atomic E-state index is 6.03. The molecule has 0 saturated heterocycles. The summed E-state index contributed by atoms with van der Waals surface area (Å²) < 4.78 is 2.22. The van der Waals surface area contributed by atoms with E-state index in [0.29, 0.717) is 0 Å². The quantitative estimate of drug-likeness (QED) is 0.918. The highest BCUT2D eigenvalue weighted by molar-refractivity contribution is 5.72. The number of nitrogen functional groups attached to an aromatic ring is 1. The van der Waals surface area contributed by atoms with Crippen LogP contribution in [0.15, 0.2) is 31.0 Å². The smallest absolute Gasteiger partial charge is 0.0951 e. The lowest BCUT2D eigenvalue weighted by Gasteiger charge is -2.18. The molecule has 4 nitrogen and oxygen atoms in total. The van der Waals surface area contributed by atoms with E-state index >= 15 is 0 Å². The largest absolute Gasteiger partial charge is 0.398 e. The summed E-state index contributed by atoms with van der Waals surface area (Å²) in [6, 6.07) is 1.84. The second kappa shape index (κ2) is 5.03. The third-order valence-corrected chi connectivity index (χ3v) is 4.31. The molecule has 2 heterocycles. The Morgan fingerprint density at radius 3 is 2.95 bits per heavy atom. The molecule has 0 bridgehead atoms. The van der Waals surface area contributed by atoms with Crippen LogP contribution >= 0.6 is 0 Å². The topological polar surface area (TPSA) is 56.7 Å². The van der Waals surface area contributed by atoms with Gasteiger partial charge in [0.25, 0.3) is 0 Å². The number of anilines is 1. The summed E-state index contributed by atoms with van der Waals surface area (Å²) in [7, 11) is 0. The molecule has 0 radical (unpaired) electrons. The van der Waals surface area contributed by atoms with Gasteiger partial charge in [0.1, 0.15) is 0 Å². The van der Waals surface area contributed by atoms with Gasteiger partial charge >= 0.3 is 0 Å². The van der Waals surface area contributed by atoms with Crippen LogP contribution in [0.1, 0.15) is 26.2 Å². The summed E-state index contributed by atoms with van der Waals surface area (Å²) in [4.78, 5) is 8.45. The van der Waals surface area contributed by atoms with E-state index in [0.717, 1.165) is 35.3 Å². The molecule has 19 heavy (non-hydrogen) atoms. The van der Waals surface area contributed by atoms with Crippen molar-refractivity contribution in [2.24, 2.45) is 11.8 Å². The van der Waals surface area contributed by atoms with Gasteiger partial charge in [-0.2, -0.15) is 0 Å². The molecule has 100 valence electrons. The molecule has 2 aromatic heterocycles. The standard InChI is InChI=1S/C15H20N4/c1-11-3-2-4-12(11)9-19-10-18-8-15(19)13-7-17-6-5-14(13)16/h5-8,10-12H,2-4,9H2,1H3,(H2,16,17). The van der Waals surface area contributed by atoms with Gasteiger partial charge in [0.15, 0.2) is 0 Å². The van der Waals surface area contributed by atoms with Gasteiger partial charge in [0, 0.05) is 30.2 Å². The monoisotopic (exact) mass is 256 g/mol. The molecule has 2 atom stereocenters. The fraction of sp³-hybridized carbons (Fsp3) is 0.467. The molecule has 0 amide bonds. The van der Waals surface area contributed by atoms with E-state index in [1.54, 1.807) is 6.20 Å². The van der Waals surface area contributed by atoms with Crippen molar-refractivity contribution in [3.05, 3.63) is 31.0 Å². The Morgan fingerprint density at radius 1 is 1.32 bits per heavy atom. The van der Waals surface area contributed by atoms with E-state index in [-0.39, 0.29) is 0 Å². The maximum Gasteiger partial charge on any atom is 0.0951 e. The fourth-order valence-corrected chi connectivity index (χ4v) is 3.06. The van der Waals surface area contributed by atoms with Gasteiger partial charge in [0.05, 0.1) is 18.2 Å². The Labute approximate surface area is 113 Å². The number of imidazole rings is 1. The Hall–Kier alpha value is -1.84. The first-order chi connectivity index (χ1) is 9.25. The minimum Gasteiger partial charge on any atom is -0.398 e. The molecule has 0 aromatic carbocycles. The molecule has 0 aliphatic heterocycles. The van der Waals surface area contributed by atoms with Gasteiger partial charge in [-0.05, 0) is 24.3 Å². The van der Waals surface area contributed by atoms with Crippen molar-refractivity contribution in [2.45, 2.75) is 32.7 Å². The number of nitrogens with zero attached hydrogens (tertiary/aromatic N) is 3. The molecule has 1 saturated carbocycles. The normalized spacial score (nSPS) is 22.8. The molecule has 1 aliphatic carbocycles. The van der Waals surface area contributed by atoms with Crippen molar-refractivity contribution in [2.75, 3.05) is 5.73 Å². The van der Waals surface area contributed by atoms with Crippen LogP contribution in [0.5, 0.6) is 0 Å². The molecule has 2 aromatic rings. The van der Waals surface area contributed by atoms with Crippen LogP contribution < -0.4 is 5.73 Å². The fourth-order valence-electron chi connectivity index (χ4n) is 3.06. The number of aromatic nitrogens is 3. The molecular weight excluding hydrogens is 236 g/mol. The van der Waals surface area contributed by atoms with Gasteiger partial charge in [-0.3, -0.25) is 4.98 Å². The molecule has 2 unspecified atom stereocenters. The van der Waals surface area contributed by atoms with E-state index in [1.807, 2.05) is 24.8 Å². The molecule has 1 aliphatic rings. The lowest BCUT2D eigenvalue weighted by molar-refractivity contribution is 0.365. The summed E-state index contributed by atoms with van der Waals surface area (Å²) in [5.41, 5.74) is 8.85. The van der Waals surface area contributed by atoms with E-state index in [2.05, 4.69) is 21.5 Å². The average Bonchev–Trinajstić information content (AvgIpc) is 3.01. The maximum atomic E-state index is 6.03. The van der Waals surface area contributed by atoms with E-state index in [1.165, 1.54) is 19.3 Å². The average molecular weight is 256 g/mol. The van der Waals surface area contributed by atoms with Gasteiger partial charge in [-0.25, -0.2) is 4.98 Å². The SMILES string of the molecule is CC1CCCC1Cn1cncc1-c1cnccc1N. The molecule has 2 N–H and O–H groups in total. The number of hydrogen-bond donors (Lipinski definition) is 1. The van der Waals surface area contributed by atoms with Crippen LogP contribution in [0.3, 0.4) is 0 Å². The zero-order valence-corrected chi connectivity index (χ0v) is 11.3. The van der Waals surface area contributed by atoms with E-state index < -0.39 is 0 Å². The van der Waals surface area contributed by atoms with Crippen molar-refractivity contribution in [1.29, 1.82) is 0 Å². The van der Waals surface area contributed by atoms with E-state index in [9.17, 15) is 0 Å². The Kier molecular flexibility index (Phi) is 3.23. The second-order valence-electron chi connectivity index (χ2n) is 5.56. The Balaban J connectivity index is 1.88. The second-order valence-corrected chi connectivity index (χ2v) is 5.56. The van der Waals surface area contributed by atoms with Crippen LogP contribution in [-0.4, -0.2) is 14.5 Å². The van der Waals surface area contributed by atoms with Gasteiger partial charge in [-0.1, -0.05) is 19.8 Å². The van der Waals surface area contributed by atoms with Crippen LogP contribution in [0.2, 0.25) is 0 Å². The van der Waals surface area contributed by atoms with Crippen molar-refractivity contribution >= 4 is 5.69 Å². The summed E-state index contributed by atoms with van der Waals surface area (Å²) in [6.07, 6.45) is 11.4. The molecular formula is C15H20N4. The number of pyridine rings is 1. The first-order valence-electron chi connectivity index (χ1n) is 6.95. The highest BCUT2D eigenvalue weighted by Crippen LogP contribution is 2.34. The van der Waals surface area contributed by atoms with Gasteiger partial charge in [-0.15, -0.1) is 0 Å². The predicted octanol–water partition coefficient (Wildman–Crippen LogP) is 2.96.